The van der Waals surface area contributed by atoms with Crippen molar-refractivity contribution in [3.63, 3.8) is 0 Å². The molecule has 3 N–H and O–H groups in total. The lowest BCUT2D eigenvalue weighted by atomic mass is 9.83. The first-order valence-corrected chi connectivity index (χ1v) is 10.7. The molecule has 1 heterocycles. The summed E-state index contributed by atoms with van der Waals surface area (Å²) < 4.78 is 5.52. The van der Waals surface area contributed by atoms with E-state index in [4.69, 9.17) is 10.5 Å². The van der Waals surface area contributed by atoms with E-state index in [9.17, 15) is 5.11 Å². The largest absolute Gasteiger partial charge is 0.495 e. The van der Waals surface area contributed by atoms with Crippen LogP contribution in [-0.2, 0) is 12.8 Å². The van der Waals surface area contributed by atoms with Crippen LogP contribution in [0.4, 0.5) is 11.4 Å². The first kappa shape index (κ1) is 21.5. The molecule has 4 rings (SSSR count). The lowest BCUT2D eigenvalue weighted by Crippen LogP contribution is -2.56. The molecule has 2 aliphatic rings. The summed E-state index contributed by atoms with van der Waals surface area (Å²) in [6, 6.07) is 12.5. The Kier molecular flexibility index (Phi) is 7.04. The number of hydrogen-bond acceptors (Lipinski definition) is 5. The Morgan fingerprint density at radius 3 is 2.45 bits per heavy atom. The van der Waals surface area contributed by atoms with Gasteiger partial charge in [-0.3, -0.25) is 4.90 Å². The van der Waals surface area contributed by atoms with Gasteiger partial charge in [0.25, 0.3) is 0 Å². The molecule has 158 valence electrons. The van der Waals surface area contributed by atoms with Crippen molar-refractivity contribution in [2.24, 2.45) is 0 Å². The Morgan fingerprint density at radius 1 is 1.03 bits per heavy atom. The van der Waals surface area contributed by atoms with Gasteiger partial charge in [-0.15, -0.1) is 0 Å². The number of benzene rings is 2. The number of nitrogens with two attached hydrogens (primary N) is 1. The smallest absolute Gasteiger partial charge is 0.144 e. The van der Waals surface area contributed by atoms with Crippen molar-refractivity contribution in [1.82, 2.24) is 4.90 Å². The van der Waals surface area contributed by atoms with Crippen LogP contribution in [0.25, 0.3) is 0 Å². The van der Waals surface area contributed by atoms with Gasteiger partial charge in [-0.05, 0) is 42.2 Å². The molecule has 0 aromatic heterocycles. The molecule has 0 bridgehead atoms. The van der Waals surface area contributed by atoms with E-state index in [-0.39, 0.29) is 12.1 Å². The summed E-state index contributed by atoms with van der Waals surface area (Å²) in [7, 11) is 1.69. The van der Waals surface area contributed by atoms with Crippen molar-refractivity contribution in [1.29, 1.82) is 0 Å². The van der Waals surface area contributed by atoms with Crippen LogP contribution < -0.4 is 15.4 Å². The topological polar surface area (TPSA) is 62.0 Å². The van der Waals surface area contributed by atoms with Crippen molar-refractivity contribution in [2.45, 2.75) is 45.8 Å². The first-order chi connectivity index (χ1) is 14.1. The summed E-state index contributed by atoms with van der Waals surface area (Å²) in [5.74, 6) is 0.825. The number of nitrogens with zero attached hydrogens (tertiary/aromatic N) is 2. The number of aliphatic hydroxyl groups is 1. The second-order valence-electron chi connectivity index (χ2n) is 7.71. The zero-order chi connectivity index (χ0) is 21.0. The Balaban J connectivity index is 0.00000117. The molecular formula is C24H35N3O2. The molecular weight excluding hydrogens is 362 g/mol. The monoisotopic (exact) mass is 397 g/mol. The Hall–Kier alpha value is -2.24. The molecule has 2 unspecified atom stereocenters. The third-order valence-corrected chi connectivity index (χ3v) is 6.12. The van der Waals surface area contributed by atoms with Gasteiger partial charge in [-0.1, -0.05) is 32.0 Å². The molecule has 1 saturated heterocycles. The van der Waals surface area contributed by atoms with Crippen molar-refractivity contribution in [3.05, 3.63) is 53.1 Å². The van der Waals surface area contributed by atoms with Gasteiger partial charge in [0.2, 0.25) is 0 Å². The minimum Gasteiger partial charge on any atom is -0.495 e. The number of rotatable bonds is 3. The quantitative estimate of drug-likeness (QED) is 0.779. The van der Waals surface area contributed by atoms with Gasteiger partial charge in [0.1, 0.15) is 5.75 Å². The van der Waals surface area contributed by atoms with E-state index in [1.165, 1.54) is 16.7 Å². The normalized spacial score (nSPS) is 21.8. The van der Waals surface area contributed by atoms with Crippen molar-refractivity contribution >= 4 is 11.4 Å². The van der Waals surface area contributed by atoms with Crippen LogP contribution in [0.5, 0.6) is 5.75 Å². The third kappa shape index (κ3) is 4.51. The van der Waals surface area contributed by atoms with Crippen molar-refractivity contribution < 1.29 is 9.84 Å². The van der Waals surface area contributed by atoms with E-state index >= 15 is 0 Å². The number of ether oxygens (including phenoxy) is 1. The molecule has 5 nitrogen and oxygen atoms in total. The highest BCUT2D eigenvalue weighted by atomic mass is 16.5. The van der Waals surface area contributed by atoms with Crippen LogP contribution in [0.15, 0.2) is 36.4 Å². The summed E-state index contributed by atoms with van der Waals surface area (Å²) in [5, 5.41) is 10.8. The number of anilines is 2. The van der Waals surface area contributed by atoms with E-state index in [2.05, 4.69) is 34.9 Å². The summed E-state index contributed by atoms with van der Waals surface area (Å²) in [6.45, 7) is 9.90. The molecule has 1 fully saturated rings. The standard InChI is InChI=1S/C22H29N3O2.C2H6/c1-15-4-3-5-16-12-21(26)20(14-18(15)16)25-10-8-24(9-11-25)19-7-6-17(23)13-22(19)27-2;1-2/h3-7,13,20-21,26H,8-12,14,23H2,1-2H3;1-2H3. The molecule has 2 aromatic rings. The maximum Gasteiger partial charge on any atom is 0.144 e. The second-order valence-corrected chi connectivity index (χ2v) is 7.71. The highest BCUT2D eigenvalue weighted by molar-refractivity contribution is 5.64. The number of methoxy groups -OCH3 is 1. The average Bonchev–Trinajstić information content (AvgIpc) is 2.75. The van der Waals surface area contributed by atoms with Crippen molar-refractivity contribution in [3.8, 4) is 5.75 Å². The summed E-state index contributed by atoms with van der Waals surface area (Å²) in [4.78, 5) is 4.81. The first-order valence-electron chi connectivity index (χ1n) is 10.7. The Labute approximate surface area is 175 Å². The van der Waals surface area contributed by atoms with E-state index in [0.717, 1.165) is 50.5 Å². The maximum absolute atomic E-state index is 10.8. The number of hydrogen-bond donors (Lipinski definition) is 2. The van der Waals surface area contributed by atoms with E-state index < -0.39 is 0 Å². The minimum atomic E-state index is -0.295. The highest BCUT2D eigenvalue weighted by Gasteiger charge is 2.34. The number of nitrogen functional groups attached to an aromatic ring is 1. The molecule has 1 aliphatic carbocycles. The fourth-order valence-electron chi connectivity index (χ4n) is 4.58. The number of aliphatic hydroxyl groups excluding tert-OH is 1. The predicted octanol–water partition coefficient (Wildman–Crippen LogP) is 3.26. The SMILES string of the molecule is CC.COc1cc(N)ccc1N1CCN(C2Cc3c(C)cccc3CC2O)CC1. The zero-order valence-electron chi connectivity index (χ0n) is 18.2. The fraction of sp³-hybridized carbons (Fsp3) is 0.500. The maximum atomic E-state index is 10.8. The van der Waals surface area contributed by atoms with Gasteiger partial charge in [0, 0.05) is 50.4 Å². The number of piperazine rings is 1. The molecule has 1 aliphatic heterocycles. The van der Waals surface area contributed by atoms with Gasteiger partial charge in [-0.25, -0.2) is 0 Å². The van der Waals surface area contributed by atoms with Crippen LogP contribution in [-0.4, -0.2) is 55.4 Å². The summed E-state index contributed by atoms with van der Waals surface area (Å²) >= 11 is 0. The summed E-state index contributed by atoms with van der Waals surface area (Å²) in [6.07, 6.45) is 1.40. The lowest BCUT2D eigenvalue weighted by Gasteiger charge is -2.44. The number of aryl methyl sites for hydroxylation is 1. The van der Waals surface area contributed by atoms with E-state index in [1.807, 2.05) is 32.0 Å². The Bertz CT molecular complexity index is 816. The predicted molar refractivity (Wildman–Crippen MR) is 121 cm³/mol. The average molecular weight is 398 g/mol. The van der Waals surface area contributed by atoms with Gasteiger partial charge >= 0.3 is 0 Å². The molecule has 29 heavy (non-hydrogen) atoms. The molecule has 2 aromatic carbocycles. The number of fused-ring (bicyclic) bond motifs is 1. The highest BCUT2D eigenvalue weighted by Crippen LogP contribution is 2.32. The molecule has 2 atom stereocenters. The van der Waals surface area contributed by atoms with Gasteiger partial charge in [0.05, 0.1) is 18.9 Å². The van der Waals surface area contributed by atoms with Crippen LogP contribution in [0, 0.1) is 6.92 Å². The van der Waals surface area contributed by atoms with Gasteiger partial charge in [0.15, 0.2) is 0 Å². The molecule has 0 radical (unpaired) electrons. The molecule has 0 spiro atoms. The Morgan fingerprint density at radius 2 is 1.76 bits per heavy atom. The van der Waals surface area contributed by atoms with Crippen LogP contribution >= 0.6 is 0 Å². The van der Waals surface area contributed by atoms with E-state index in [1.54, 1.807) is 7.11 Å². The zero-order valence-corrected chi connectivity index (χ0v) is 18.2. The third-order valence-electron chi connectivity index (χ3n) is 6.12. The second kappa shape index (κ2) is 9.51. The van der Waals surface area contributed by atoms with Crippen LogP contribution in [0.3, 0.4) is 0 Å². The fourth-order valence-corrected chi connectivity index (χ4v) is 4.58. The minimum absolute atomic E-state index is 0.203. The van der Waals surface area contributed by atoms with Crippen LogP contribution in [0.2, 0.25) is 0 Å². The molecule has 5 heteroatoms. The molecule has 0 saturated carbocycles. The van der Waals surface area contributed by atoms with Crippen molar-refractivity contribution in [2.75, 3.05) is 43.9 Å². The molecule has 0 amide bonds. The van der Waals surface area contributed by atoms with Gasteiger partial charge < -0.3 is 20.5 Å². The summed E-state index contributed by atoms with van der Waals surface area (Å²) in [5.41, 5.74) is 11.8. The van der Waals surface area contributed by atoms with E-state index in [0.29, 0.717) is 5.69 Å². The lowest BCUT2D eigenvalue weighted by molar-refractivity contribution is 0.0393. The van der Waals surface area contributed by atoms with Gasteiger partial charge in [-0.2, -0.15) is 0 Å². The van der Waals surface area contributed by atoms with Crippen LogP contribution in [0.1, 0.15) is 30.5 Å².